The number of ether oxygens (including phenoxy) is 1. The van der Waals surface area contributed by atoms with Gasteiger partial charge in [0.2, 0.25) is 15.9 Å². The monoisotopic (exact) mass is 501 g/mol. The van der Waals surface area contributed by atoms with Crippen molar-refractivity contribution in [3.63, 3.8) is 0 Å². The van der Waals surface area contributed by atoms with Crippen LogP contribution < -0.4 is 4.74 Å². The highest BCUT2D eigenvalue weighted by molar-refractivity contribution is 7.89. The summed E-state index contributed by atoms with van der Waals surface area (Å²) in [5, 5.41) is 1.66. The smallest absolute Gasteiger partial charge is 0.244 e. The van der Waals surface area contributed by atoms with Gasteiger partial charge in [-0.1, -0.05) is 42.5 Å². The third kappa shape index (κ3) is 4.82. The van der Waals surface area contributed by atoms with Crippen LogP contribution in [0.25, 0.3) is 10.8 Å². The predicted molar refractivity (Wildman–Crippen MR) is 138 cm³/mol. The number of hydrogen-bond donors (Lipinski definition) is 0. The molecule has 0 aliphatic carbocycles. The molecule has 1 aliphatic rings. The Balaban J connectivity index is 1.50. The molecule has 3 aromatic carbocycles. The number of fused-ring (bicyclic) bond motifs is 1. The van der Waals surface area contributed by atoms with E-state index in [-0.39, 0.29) is 17.3 Å². The Bertz CT molecular complexity index is 1480. The number of rotatable bonds is 8. The van der Waals surface area contributed by atoms with Crippen molar-refractivity contribution in [2.24, 2.45) is 0 Å². The van der Waals surface area contributed by atoms with Crippen LogP contribution in [0.4, 0.5) is 0 Å². The Morgan fingerprint density at radius 2 is 1.69 bits per heavy atom. The fraction of sp³-hybridized carbons (Fsp3) is 0.214. The highest BCUT2D eigenvalue weighted by atomic mass is 32.2. The van der Waals surface area contributed by atoms with Crippen LogP contribution in [0.1, 0.15) is 17.5 Å². The Labute approximate surface area is 211 Å². The number of likely N-dealkylation sites (tertiary alicyclic amines) is 1. The number of nitrogens with zero attached hydrogens (tertiary/aromatic N) is 3. The van der Waals surface area contributed by atoms with Gasteiger partial charge in [0, 0.05) is 32.0 Å². The molecule has 0 radical (unpaired) electrons. The summed E-state index contributed by atoms with van der Waals surface area (Å²) in [7, 11) is -2.41. The van der Waals surface area contributed by atoms with Gasteiger partial charge in [0.1, 0.15) is 11.8 Å². The summed E-state index contributed by atoms with van der Waals surface area (Å²) >= 11 is 0. The van der Waals surface area contributed by atoms with Gasteiger partial charge in [-0.15, -0.1) is 0 Å². The lowest BCUT2D eigenvalue weighted by Gasteiger charge is -2.28. The van der Waals surface area contributed by atoms with Crippen LogP contribution in [0.15, 0.2) is 96.2 Å². The minimum atomic E-state index is -3.99. The average molecular weight is 502 g/mol. The van der Waals surface area contributed by atoms with Crippen molar-refractivity contribution in [1.29, 1.82) is 0 Å². The highest BCUT2D eigenvalue weighted by Crippen LogP contribution is 2.30. The summed E-state index contributed by atoms with van der Waals surface area (Å²) in [6, 6.07) is 22.9. The quantitative estimate of drug-likeness (QED) is 0.361. The summed E-state index contributed by atoms with van der Waals surface area (Å²) < 4.78 is 34.8. The van der Waals surface area contributed by atoms with E-state index in [4.69, 9.17) is 4.74 Å². The first kappa shape index (κ1) is 24.0. The molecule has 0 saturated carbocycles. The number of sulfonamides is 1. The van der Waals surface area contributed by atoms with E-state index in [0.29, 0.717) is 25.3 Å². The van der Waals surface area contributed by atoms with Crippen molar-refractivity contribution in [2.45, 2.75) is 30.4 Å². The fourth-order valence-electron chi connectivity index (χ4n) is 4.61. The number of hydrogen-bond acceptors (Lipinski definition) is 5. The summed E-state index contributed by atoms with van der Waals surface area (Å²) in [4.78, 5) is 19.4. The van der Waals surface area contributed by atoms with E-state index >= 15 is 0 Å². The number of carbonyl (C=O) groups excluding carboxylic acids is 1. The SMILES string of the molecule is COc1ccc2ccc(S(=O)(=O)N(Cc3ccccc3)[C@H]3CCN(Cc4ccncc4)C3=O)cc2c1. The number of aromatic nitrogens is 1. The minimum Gasteiger partial charge on any atom is -0.497 e. The van der Waals surface area contributed by atoms with Gasteiger partial charge in [-0.05, 0) is 64.7 Å². The summed E-state index contributed by atoms with van der Waals surface area (Å²) in [6.07, 6.45) is 3.81. The van der Waals surface area contributed by atoms with Gasteiger partial charge in [-0.25, -0.2) is 8.42 Å². The van der Waals surface area contributed by atoms with E-state index in [2.05, 4.69) is 4.98 Å². The summed E-state index contributed by atoms with van der Waals surface area (Å²) in [5.74, 6) is 0.463. The Morgan fingerprint density at radius 1 is 0.944 bits per heavy atom. The largest absolute Gasteiger partial charge is 0.497 e. The second-order valence-corrected chi connectivity index (χ2v) is 10.7. The number of methoxy groups -OCH3 is 1. The third-order valence-corrected chi connectivity index (χ3v) is 8.40. The molecule has 0 N–H and O–H groups in total. The van der Waals surface area contributed by atoms with Gasteiger partial charge in [-0.3, -0.25) is 9.78 Å². The van der Waals surface area contributed by atoms with Crippen LogP contribution in [-0.4, -0.2) is 48.2 Å². The normalized spacial score (nSPS) is 16.1. The van der Waals surface area contributed by atoms with Crippen molar-refractivity contribution < 1.29 is 17.9 Å². The molecule has 1 saturated heterocycles. The molecular formula is C28H27N3O4S. The number of amides is 1. The summed E-state index contributed by atoms with van der Waals surface area (Å²) in [6.45, 7) is 1.02. The Hall–Kier alpha value is -3.75. The van der Waals surface area contributed by atoms with Crippen LogP contribution in [0, 0.1) is 0 Å². The molecule has 1 atom stereocenters. The molecule has 0 spiro atoms. The second-order valence-electron chi connectivity index (χ2n) is 8.83. The lowest BCUT2D eigenvalue weighted by Crippen LogP contribution is -2.44. The first-order valence-electron chi connectivity index (χ1n) is 11.8. The van der Waals surface area contributed by atoms with Crippen molar-refractivity contribution in [3.05, 3.63) is 102 Å². The molecule has 8 heteroatoms. The molecule has 2 heterocycles. The molecule has 1 fully saturated rings. The van der Waals surface area contributed by atoms with Crippen molar-refractivity contribution >= 4 is 26.7 Å². The molecule has 36 heavy (non-hydrogen) atoms. The molecule has 1 amide bonds. The first-order valence-corrected chi connectivity index (χ1v) is 13.2. The highest BCUT2D eigenvalue weighted by Gasteiger charge is 2.42. The minimum absolute atomic E-state index is 0.110. The molecule has 7 nitrogen and oxygen atoms in total. The average Bonchev–Trinajstić information content (AvgIpc) is 3.26. The molecule has 184 valence electrons. The van der Waals surface area contributed by atoms with E-state index in [1.165, 1.54) is 4.31 Å². The lowest BCUT2D eigenvalue weighted by atomic mass is 10.1. The van der Waals surface area contributed by atoms with Crippen molar-refractivity contribution in [1.82, 2.24) is 14.2 Å². The standard InChI is InChI=1S/C28H27N3O4S/c1-35-25-9-7-23-8-10-26(18-24(23)17-25)36(33,34)31(20-21-5-3-2-4-6-21)27-13-16-30(28(27)32)19-22-11-14-29-15-12-22/h2-12,14-15,17-18,27H,13,16,19-20H2,1H3/t27-/m0/s1. The second kappa shape index (κ2) is 10.1. The number of benzene rings is 3. The van der Waals surface area contributed by atoms with Crippen molar-refractivity contribution in [3.8, 4) is 5.75 Å². The lowest BCUT2D eigenvalue weighted by molar-refractivity contribution is -0.131. The van der Waals surface area contributed by atoms with Crippen LogP contribution in [-0.2, 0) is 27.9 Å². The van der Waals surface area contributed by atoms with Crippen molar-refractivity contribution in [2.75, 3.05) is 13.7 Å². The molecular weight excluding hydrogens is 474 g/mol. The van der Waals surface area contributed by atoms with Gasteiger partial charge in [0.05, 0.1) is 12.0 Å². The zero-order valence-corrected chi connectivity index (χ0v) is 20.8. The Kier molecular flexibility index (Phi) is 6.71. The molecule has 5 rings (SSSR count). The van der Waals surface area contributed by atoms with Crippen LogP contribution in [0.2, 0.25) is 0 Å². The topological polar surface area (TPSA) is 79.8 Å². The molecule has 1 aromatic heterocycles. The fourth-order valence-corrected chi connectivity index (χ4v) is 6.24. The van der Waals surface area contributed by atoms with Gasteiger partial charge in [0.15, 0.2) is 0 Å². The van der Waals surface area contributed by atoms with Crippen LogP contribution in [0.5, 0.6) is 5.75 Å². The third-order valence-electron chi connectivity index (χ3n) is 6.55. The van der Waals surface area contributed by atoms with Crippen LogP contribution in [0.3, 0.4) is 0 Å². The van der Waals surface area contributed by atoms with E-state index < -0.39 is 16.1 Å². The van der Waals surface area contributed by atoms with E-state index in [1.54, 1.807) is 42.6 Å². The zero-order valence-electron chi connectivity index (χ0n) is 19.9. The Morgan fingerprint density at radius 3 is 2.44 bits per heavy atom. The van der Waals surface area contributed by atoms with Gasteiger partial charge in [0.25, 0.3) is 0 Å². The summed E-state index contributed by atoms with van der Waals surface area (Å²) in [5.41, 5.74) is 1.78. The molecule has 1 aliphatic heterocycles. The van der Waals surface area contributed by atoms with Gasteiger partial charge in [-0.2, -0.15) is 4.31 Å². The van der Waals surface area contributed by atoms with Crippen LogP contribution >= 0.6 is 0 Å². The first-order chi connectivity index (χ1) is 17.5. The number of carbonyl (C=O) groups is 1. The molecule has 0 unspecified atom stereocenters. The van der Waals surface area contributed by atoms with Gasteiger partial charge >= 0.3 is 0 Å². The number of pyridine rings is 1. The maximum absolute atomic E-state index is 14.0. The van der Waals surface area contributed by atoms with Gasteiger partial charge < -0.3 is 9.64 Å². The predicted octanol–water partition coefficient (Wildman–Crippen LogP) is 4.24. The van der Waals surface area contributed by atoms with E-state index in [9.17, 15) is 13.2 Å². The van der Waals surface area contributed by atoms with E-state index in [0.717, 1.165) is 21.9 Å². The molecule has 4 aromatic rings. The zero-order chi connectivity index (χ0) is 25.1. The van der Waals surface area contributed by atoms with E-state index in [1.807, 2.05) is 60.7 Å². The maximum atomic E-state index is 14.0. The molecule has 0 bridgehead atoms. The maximum Gasteiger partial charge on any atom is 0.244 e.